The molecule has 0 aromatic heterocycles. The maximum Gasteiger partial charge on any atom is 0.328 e. The summed E-state index contributed by atoms with van der Waals surface area (Å²) in [5, 5.41) is 21.4. The number of nitrogens with one attached hydrogen (secondary N) is 4. The van der Waals surface area contributed by atoms with Crippen molar-refractivity contribution in [2.75, 3.05) is 26.2 Å². The fourth-order valence-corrected chi connectivity index (χ4v) is 7.47. The van der Waals surface area contributed by atoms with Gasteiger partial charge in [0.15, 0.2) is 0 Å². The smallest absolute Gasteiger partial charge is 0.328 e. The van der Waals surface area contributed by atoms with E-state index in [4.69, 9.17) is 9.47 Å². The van der Waals surface area contributed by atoms with Crippen molar-refractivity contribution in [3.8, 4) is 5.75 Å². The van der Waals surface area contributed by atoms with Gasteiger partial charge in [0.25, 0.3) is 0 Å². The number of nitrogens with zero attached hydrogens (tertiary/aromatic N) is 1. The lowest BCUT2D eigenvalue weighted by atomic mass is 10.0. The van der Waals surface area contributed by atoms with Crippen molar-refractivity contribution in [2.24, 2.45) is 10.9 Å². The van der Waals surface area contributed by atoms with Gasteiger partial charge in [-0.25, -0.2) is 4.79 Å². The number of esters is 1. The Labute approximate surface area is 359 Å². The minimum Gasteiger partial charge on any atom is -0.507 e. The van der Waals surface area contributed by atoms with E-state index >= 15 is 0 Å². The van der Waals surface area contributed by atoms with E-state index in [1.807, 2.05) is 6.08 Å². The molecule has 2 aliphatic heterocycles. The predicted octanol–water partition coefficient (Wildman–Crippen LogP) is 7.48. The quantitative estimate of drug-likeness (QED) is 0.0300. The normalized spacial score (nSPS) is 17.7. The Bertz CT molecular complexity index is 1500. The number of carbonyl (C=O) groups excluding carboxylic acids is 5. The Morgan fingerprint density at radius 1 is 0.917 bits per heavy atom. The van der Waals surface area contributed by atoms with Gasteiger partial charge in [0.2, 0.25) is 29.5 Å². The van der Waals surface area contributed by atoms with E-state index in [2.05, 4.69) is 33.2 Å². The summed E-state index contributed by atoms with van der Waals surface area (Å²) in [4.78, 5) is 68.6. The zero-order valence-corrected chi connectivity index (χ0v) is 36.6. The number of rotatable bonds is 30. The van der Waals surface area contributed by atoms with Gasteiger partial charge in [0.05, 0.1) is 24.4 Å². The molecule has 2 aliphatic rings. The summed E-state index contributed by atoms with van der Waals surface area (Å²) in [5.41, 5.74) is 0.429. The molecule has 5 N–H and O–H groups in total. The van der Waals surface area contributed by atoms with Gasteiger partial charge in [-0.05, 0) is 76.5 Å². The molecule has 1 fully saturated rings. The van der Waals surface area contributed by atoms with Gasteiger partial charge in [0.1, 0.15) is 30.5 Å². The molecule has 2 heterocycles. The molecule has 0 saturated carbocycles. The second-order valence-electron chi connectivity index (χ2n) is 16.5. The molecule has 0 radical (unpaired) electrons. The zero-order valence-electron chi connectivity index (χ0n) is 36.6. The van der Waals surface area contributed by atoms with Crippen molar-refractivity contribution in [1.82, 2.24) is 21.3 Å². The fraction of sp³-hybridized carbons (Fsp3) is 0.702. The van der Waals surface area contributed by atoms with Crippen LogP contribution in [0.4, 0.5) is 0 Å². The van der Waals surface area contributed by atoms with Crippen LogP contribution in [0.1, 0.15) is 167 Å². The Morgan fingerprint density at radius 2 is 1.58 bits per heavy atom. The zero-order chi connectivity index (χ0) is 43.2. The number of hydrogen-bond acceptors (Lipinski definition) is 9. The number of allylic oxidation sites excluding steroid dienone is 1. The fourth-order valence-electron chi connectivity index (χ4n) is 7.47. The Hall–Kier alpha value is -4.42. The van der Waals surface area contributed by atoms with Crippen molar-refractivity contribution in [3.05, 3.63) is 42.0 Å². The number of aromatic hydroxyl groups is 1. The maximum absolute atomic E-state index is 13.4. The van der Waals surface area contributed by atoms with Gasteiger partial charge in [-0.1, -0.05) is 115 Å². The number of phenols is 1. The molecule has 4 atom stereocenters. The van der Waals surface area contributed by atoms with Crippen LogP contribution in [0.2, 0.25) is 0 Å². The van der Waals surface area contributed by atoms with E-state index in [1.54, 1.807) is 31.2 Å². The van der Waals surface area contributed by atoms with Gasteiger partial charge in [-0.3, -0.25) is 24.2 Å². The summed E-state index contributed by atoms with van der Waals surface area (Å²) in [5.74, 6) is -2.33. The first-order chi connectivity index (χ1) is 29.2. The largest absolute Gasteiger partial charge is 0.507 e. The predicted molar refractivity (Wildman–Crippen MR) is 235 cm³/mol. The molecule has 0 aliphatic carbocycles. The van der Waals surface area contributed by atoms with E-state index in [0.29, 0.717) is 37.9 Å². The average Bonchev–Trinajstić information content (AvgIpc) is 3.44. The lowest BCUT2D eigenvalue weighted by Gasteiger charge is -2.25. The first kappa shape index (κ1) is 49.9. The molecular weight excluding hydrogens is 763 g/mol. The summed E-state index contributed by atoms with van der Waals surface area (Å²) >= 11 is 0. The van der Waals surface area contributed by atoms with Crippen LogP contribution in [0.15, 0.2) is 41.4 Å². The Kier molecular flexibility index (Phi) is 25.5. The van der Waals surface area contributed by atoms with E-state index in [9.17, 15) is 29.1 Å². The SMILES string of the molecule is CCCCCCCCCCCCCCCCCC=CC(=O)NCCCCC(NC(=O)C1CN=C(c2ccccc2O)OC1)C(=O)OC(C)CC(=O)NC1CCCCNC1=O. The molecule has 336 valence electrons. The standard InChI is InChI=1S/C47H75N5O8/c1-3-4-5-6-7-8-9-10-11-12-13-14-15-16-17-18-19-30-42(54)48-31-24-23-28-40(47(58)60-36(2)33-43(55)51-39-27-22-25-32-49-45(39)57)52-44(56)37-34-50-46(59-35-37)38-26-20-21-29-41(38)53/h19-21,26,29-30,36-37,39-40,53H,3-18,22-25,27-28,31-35H2,1-2H3,(H,48,54)(H,49,57)(H,51,55)(H,52,56). The number of unbranched alkanes of at least 4 members (excludes halogenated alkanes) is 16. The van der Waals surface area contributed by atoms with E-state index in [1.165, 1.54) is 96.0 Å². The lowest BCUT2D eigenvalue weighted by molar-refractivity contribution is -0.154. The summed E-state index contributed by atoms with van der Waals surface area (Å²) < 4.78 is 11.4. The highest BCUT2D eigenvalue weighted by atomic mass is 16.5. The van der Waals surface area contributed by atoms with Gasteiger partial charge in [-0.15, -0.1) is 0 Å². The van der Waals surface area contributed by atoms with Crippen LogP contribution in [0.5, 0.6) is 5.75 Å². The van der Waals surface area contributed by atoms with Crippen LogP contribution in [0, 0.1) is 5.92 Å². The number of hydrogen-bond donors (Lipinski definition) is 5. The first-order valence-corrected chi connectivity index (χ1v) is 23.2. The molecule has 13 nitrogen and oxygen atoms in total. The van der Waals surface area contributed by atoms with Crippen molar-refractivity contribution in [3.63, 3.8) is 0 Å². The van der Waals surface area contributed by atoms with Crippen molar-refractivity contribution >= 4 is 35.5 Å². The van der Waals surface area contributed by atoms with E-state index < -0.39 is 41.9 Å². The number of amides is 4. The summed E-state index contributed by atoms with van der Waals surface area (Å²) in [6.07, 6.45) is 26.8. The topological polar surface area (TPSA) is 185 Å². The second-order valence-corrected chi connectivity index (χ2v) is 16.5. The molecule has 1 saturated heterocycles. The third kappa shape index (κ3) is 21.2. The molecule has 4 amide bonds. The molecular formula is C47H75N5O8. The third-order valence-electron chi connectivity index (χ3n) is 11.1. The highest BCUT2D eigenvalue weighted by molar-refractivity contribution is 5.98. The van der Waals surface area contributed by atoms with Crippen LogP contribution in [0.25, 0.3) is 0 Å². The number of ether oxygens (including phenoxy) is 2. The van der Waals surface area contributed by atoms with Crippen molar-refractivity contribution in [1.29, 1.82) is 0 Å². The van der Waals surface area contributed by atoms with Crippen LogP contribution >= 0.6 is 0 Å². The van der Waals surface area contributed by atoms with Crippen LogP contribution in [0.3, 0.4) is 0 Å². The van der Waals surface area contributed by atoms with Crippen LogP contribution in [-0.4, -0.2) is 85.0 Å². The number of para-hydroxylation sites is 1. The van der Waals surface area contributed by atoms with Gasteiger partial charge < -0.3 is 35.8 Å². The van der Waals surface area contributed by atoms with Crippen LogP contribution < -0.4 is 21.3 Å². The third-order valence-corrected chi connectivity index (χ3v) is 11.1. The summed E-state index contributed by atoms with van der Waals surface area (Å²) in [6.45, 7) is 4.94. The molecule has 0 spiro atoms. The van der Waals surface area contributed by atoms with Gasteiger partial charge >= 0.3 is 5.97 Å². The Morgan fingerprint density at radius 3 is 2.23 bits per heavy atom. The average molecular weight is 838 g/mol. The maximum atomic E-state index is 13.4. The molecule has 60 heavy (non-hydrogen) atoms. The number of carbonyl (C=O) groups is 5. The molecule has 1 aromatic carbocycles. The van der Waals surface area contributed by atoms with Crippen LogP contribution in [-0.2, 0) is 33.4 Å². The minimum absolute atomic E-state index is 0.00504. The monoisotopic (exact) mass is 838 g/mol. The molecule has 1 aromatic rings. The highest BCUT2D eigenvalue weighted by Gasteiger charge is 2.31. The van der Waals surface area contributed by atoms with Crippen molar-refractivity contribution in [2.45, 2.75) is 180 Å². The molecule has 3 rings (SSSR count). The van der Waals surface area contributed by atoms with Gasteiger partial charge in [0, 0.05) is 13.1 Å². The second kappa shape index (κ2) is 30.6. The highest BCUT2D eigenvalue weighted by Crippen LogP contribution is 2.21. The molecule has 4 unspecified atom stereocenters. The van der Waals surface area contributed by atoms with E-state index in [-0.39, 0.29) is 49.5 Å². The summed E-state index contributed by atoms with van der Waals surface area (Å²) in [7, 11) is 0. The number of phenolic OH excluding ortho intramolecular Hbond substituents is 1. The molecule has 0 bridgehead atoms. The van der Waals surface area contributed by atoms with E-state index in [0.717, 1.165) is 25.7 Å². The number of aliphatic imine (C=N–C) groups is 1. The first-order valence-electron chi connectivity index (χ1n) is 23.2. The molecule has 13 heteroatoms. The van der Waals surface area contributed by atoms with Gasteiger partial charge in [-0.2, -0.15) is 0 Å². The Balaban J connectivity index is 1.36. The lowest BCUT2D eigenvalue weighted by Crippen LogP contribution is -2.48. The minimum atomic E-state index is -1.01. The summed E-state index contributed by atoms with van der Waals surface area (Å²) in [6, 6.07) is 5.00. The number of benzene rings is 1. The van der Waals surface area contributed by atoms with Crippen molar-refractivity contribution < 1.29 is 38.6 Å².